The number of nitrogens with one attached hydrogen (secondary N) is 1. The molecule has 0 radical (unpaired) electrons. The molecule has 0 aromatic heterocycles. The van der Waals surface area contributed by atoms with Gasteiger partial charge in [-0.15, -0.1) is 0 Å². The van der Waals surface area contributed by atoms with Gasteiger partial charge in [0.15, 0.2) is 0 Å². The van der Waals surface area contributed by atoms with Gasteiger partial charge in [0.25, 0.3) is 0 Å². The fourth-order valence-corrected chi connectivity index (χ4v) is 3.91. The van der Waals surface area contributed by atoms with Crippen molar-refractivity contribution in [1.82, 2.24) is 15.1 Å². The van der Waals surface area contributed by atoms with Gasteiger partial charge in [0.1, 0.15) is 5.82 Å². The molecule has 0 unspecified atom stereocenters. The first kappa shape index (κ1) is 21.7. The minimum Gasteiger partial charge on any atom is -0.382 e. The highest BCUT2D eigenvalue weighted by molar-refractivity contribution is 5.88. The number of amides is 2. The van der Waals surface area contributed by atoms with Crippen molar-refractivity contribution in [3.05, 3.63) is 35.6 Å². The van der Waals surface area contributed by atoms with Crippen LogP contribution < -0.4 is 5.32 Å². The summed E-state index contributed by atoms with van der Waals surface area (Å²) in [7, 11) is 1.64. The largest absolute Gasteiger partial charge is 0.382 e. The quantitative estimate of drug-likeness (QED) is 0.655. The van der Waals surface area contributed by atoms with Crippen molar-refractivity contribution in [2.45, 2.75) is 38.0 Å². The maximum absolute atomic E-state index is 13.5. The van der Waals surface area contributed by atoms with Crippen molar-refractivity contribution in [3.63, 3.8) is 0 Å². The molecule has 0 aliphatic carbocycles. The molecule has 2 fully saturated rings. The van der Waals surface area contributed by atoms with Crippen LogP contribution in [0.25, 0.3) is 0 Å². The van der Waals surface area contributed by atoms with E-state index in [2.05, 4.69) is 5.32 Å². The van der Waals surface area contributed by atoms with Gasteiger partial charge in [0.2, 0.25) is 11.8 Å². The van der Waals surface area contributed by atoms with Crippen molar-refractivity contribution >= 4 is 11.8 Å². The van der Waals surface area contributed by atoms with Gasteiger partial charge in [-0.25, -0.2) is 4.39 Å². The number of halogens is 1. The molecule has 2 aliphatic heterocycles. The second-order valence-electron chi connectivity index (χ2n) is 7.56. The summed E-state index contributed by atoms with van der Waals surface area (Å²) in [6.45, 7) is 4.00. The average molecular weight is 407 g/mol. The molecule has 1 aromatic rings. The van der Waals surface area contributed by atoms with Crippen LogP contribution in [0.15, 0.2) is 24.3 Å². The minimum absolute atomic E-state index is 0.0216. The van der Waals surface area contributed by atoms with E-state index in [0.29, 0.717) is 45.9 Å². The van der Waals surface area contributed by atoms with Gasteiger partial charge >= 0.3 is 0 Å². The third kappa shape index (κ3) is 6.22. The van der Waals surface area contributed by atoms with E-state index in [1.165, 1.54) is 12.1 Å². The van der Waals surface area contributed by atoms with Crippen LogP contribution in [-0.4, -0.2) is 80.3 Å². The molecule has 8 heteroatoms. The molecule has 1 aromatic carbocycles. The molecule has 2 aliphatic rings. The van der Waals surface area contributed by atoms with E-state index in [4.69, 9.17) is 9.47 Å². The maximum Gasteiger partial charge on any atom is 0.237 e. The third-order valence-corrected chi connectivity index (χ3v) is 5.52. The monoisotopic (exact) mass is 407 g/mol. The molecule has 29 heavy (non-hydrogen) atoms. The smallest absolute Gasteiger partial charge is 0.237 e. The second-order valence-corrected chi connectivity index (χ2v) is 7.56. The van der Waals surface area contributed by atoms with Crippen molar-refractivity contribution in [2.24, 2.45) is 0 Å². The predicted molar refractivity (Wildman–Crippen MR) is 106 cm³/mol. The van der Waals surface area contributed by atoms with Crippen molar-refractivity contribution in [3.8, 4) is 0 Å². The van der Waals surface area contributed by atoms with Gasteiger partial charge in [0.05, 0.1) is 31.8 Å². The lowest BCUT2D eigenvalue weighted by Crippen LogP contribution is -2.56. The molecule has 1 N–H and O–H groups in total. The number of hydrogen-bond donors (Lipinski definition) is 1. The lowest BCUT2D eigenvalue weighted by molar-refractivity contribution is -0.140. The fourth-order valence-electron chi connectivity index (χ4n) is 3.91. The third-order valence-electron chi connectivity index (χ3n) is 5.52. The molecule has 1 atom stereocenters. The maximum atomic E-state index is 13.5. The van der Waals surface area contributed by atoms with E-state index >= 15 is 0 Å². The molecule has 7 nitrogen and oxygen atoms in total. The summed E-state index contributed by atoms with van der Waals surface area (Å²) in [6, 6.07) is 5.84. The van der Waals surface area contributed by atoms with Gasteiger partial charge < -0.3 is 19.7 Å². The zero-order valence-corrected chi connectivity index (χ0v) is 16.9. The summed E-state index contributed by atoms with van der Waals surface area (Å²) in [5, 5.41) is 2.85. The van der Waals surface area contributed by atoms with E-state index in [1.807, 2.05) is 15.9 Å². The van der Waals surface area contributed by atoms with E-state index < -0.39 is 6.04 Å². The van der Waals surface area contributed by atoms with E-state index in [9.17, 15) is 14.0 Å². The molecule has 2 amide bonds. The van der Waals surface area contributed by atoms with Crippen molar-refractivity contribution in [2.75, 3.05) is 46.5 Å². The number of rotatable bonds is 8. The van der Waals surface area contributed by atoms with Gasteiger partial charge in [0, 0.05) is 39.8 Å². The van der Waals surface area contributed by atoms with Crippen molar-refractivity contribution < 1.29 is 23.5 Å². The standard InChI is InChI=1S/C21H30FN3O4/c1-28-11-12-29-18-5-8-24(9-6-18)20(26)14-19-21(27)23-7-10-25(19)15-16-3-2-4-17(22)13-16/h2-4,13,18-19H,5-12,14-15H2,1H3,(H,23,27)/t19-/m1/s1. The molecule has 3 rings (SSSR count). The Balaban J connectivity index is 1.53. The molecular weight excluding hydrogens is 377 g/mol. The normalized spacial score (nSPS) is 21.2. The number of benzene rings is 1. The molecule has 0 bridgehead atoms. The molecule has 2 saturated heterocycles. The lowest BCUT2D eigenvalue weighted by atomic mass is 10.0. The van der Waals surface area contributed by atoms with Crippen LogP contribution in [0.3, 0.4) is 0 Å². The topological polar surface area (TPSA) is 71.1 Å². The summed E-state index contributed by atoms with van der Waals surface area (Å²) < 4.78 is 24.2. The highest BCUT2D eigenvalue weighted by Crippen LogP contribution is 2.19. The SMILES string of the molecule is COCCOC1CCN(C(=O)C[C@@H]2C(=O)NCCN2Cc2cccc(F)c2)CC1. The second kappa shape index (κ2) is 10.7. The van der Waals surface area contributed by atoms with Gasteiger partial charge in [-0.1, -0.05) is 12.1 Å². The molecule has 0 saturated carbocycles. The summed E-state index contributed by atoms with van der Waals surface area (Å²) in [5.41, 5.74) is 0.797. The number of piperidine rings is 1. The predicted octanol–water partition coefficient (Wildman–Crippen LogP) is 1.17. The number of hydrogen-bond acceptors (Lipinski definition) is 5. The Hall–Kier alpha value is -2.03. The van der Waals surface area contributed by atoms with Gasteiger partial charge in [-0.3, -0.25) is 14.5 Å². The van der Waals surface area contributed by atoms with E-state index in [0.717, 1.165) is 18.4 Å². The van der Waals surface area contributed by atoms with Gasteiger partial charge in [-0.2, -0.15) is 0 Å². The highest BCUT2D eigenvalue weighted by Gasteiger charge is 2.34. The number of ether oxygens (including phenoxy) is 2. The number of methoxy groups -OCH3 is 1. The Bertz CT molecular complexity index is 694. The first-order valence-corrected chi connectivity index (χ1v) is 10.2. The number of likely N-dealkylation sites (tertiary alicyclic amines) is 1. The molecule has 160 valence electrons. The van der Waals surface area contributed by atoms with Crippen LogP contribution >= 0.6 is 0 Å². The van der Waals surface area contributed by atoms with Crippen LogP contribution in [-0.2, 0) is 25.6 Å². The fraction of sp³-hybridized carbons (Fsp3) is 0.619. The Morgan fingerprint density at radius 3 is 2.76 bits per heavy atom. The Kier molecular flexibility index (Phi) is 7.97. The average Bonchev–Trinajstić information content (AvgIpc) is 2.71. The number of piperazine rings is 1. The van der Waals surface area contributed by atoms with Crippen LogP contribution in [0.2, 0.25) is 0 Å². The highest BCUT2D eigenvalue weighted by atomic mass is 19.1. The number of nitrogens with zero attached hydrogens (tertiary/aromatic N) is 2. The zero-order chi connectivity index (χ0) is 20.6. The molecule has 2 heterocycles. The molecular formula is C21H30FN3O4. The lowest BCUT2D eigenvalue weighted by Gasteiger charge is -2.37. The van der Waals surface area contributed by atoms with E-state index in [-0.39, 0.29) is 30.2 Å². The first-order valence-electron chi connectivity index (χ1n) is 10.2. The number of carbonyl (C=O) groups is 2. The Morgan fingerprint density at radius 1 is 1.24 bits per heavy atom. The molecule has 0 spiro atoms. The van der Waals surface area contributed by atoms with Crippen LogP contribution in [0.5, 0.6) is 0 Å². The van der Waals surface area contributed by atoms with Crippen LogP contribution in [0.1, 0.15) is 24.8 Å². The summed E-state index contributed by atoms with van der Waals surface area (Å²) in [6.07, 6.45) is 1.87. The first-order chi connectivity index (χ1) is 14.1. The van der Waals surface area contributed by atoms with Crippen LogP contribution in [0.4, 0.5) is 4.39 Å². The summed E-state index contributed by atoms with van der Waals surface area (Å²) in [5.74, 6) is -0.461. The Labute approximate surface area is 171 Å². The van der Waals surface area contributed by atoms with Crippen molar-refractivity contribution in [1.29, 1.82) is 0 Å². The zero-order valence-electron chi connectivity index (χ0n) is 16.9. The summed E-state index contributed by atoms with van der Waals surface area (Å²) >= 11 is 0. The van der Waals surface area contributed by atoms with Crippen LogP contribution in [0, 0.1) is 5.82 Å². The van der Waals surface area contributed by atoms with Gasteiger partial charge in [-0.05, 0) is 30.5 Å². The van der Waals surface area contributed by atoms with E-state index in [1.54, 1.807) is 13.2 Å². The number of carbonyl (C=O) groups excluding carboxylic acids is 2. The summed E-state index contributed by atoms with van der Waals surface area (Å²) in [4.78, 5) is 29.1. The Morgan fingerprint density at radius 2 is 2.03 bits per heavy atom. The minimum atomic E-state index is -0.532.